The third-order valence-corrected chi connectivity index (χ3v) is 5.40. The van der Waals surface area contributed by atoms with Gasteiger partial charge in [-0.15, -0.1) is 0 Å². The summed E-state index contributed by atoms with van der Waals surface area (Å²) in [6, 6.07) is 0. The molecule has 0 aromatic rings. The molecule has 0 radical (unpaired) electrons. The van der Waals surface area contributed by atoms with Gasteiger partial charge in [0.25, 0.3) is 0 Å². The Balaban J connectivity index is 2.15. The standard InChI is InChI=1S/C16H28N2O3/c17-12-15(8-4-3-5-9-15)13(19)18-16(14(20)21)10-6-1-2-7-11-16/h1-12,17H2,(H,18,19)(H,20,21). The Morgan fingerprint density at radius 3 is 1.86 bits per heavy atom. The summed E-state index contributed by atoms with van der Waals surface area (Å²) >= 11 is 0. The lowest BCUT2D eigenvalue weighted by atomic mass is 9.72. The summed E-state index contributed by atoms with van der Waals surface area (Å²) in [6.07, 6.45) is 9.61. The number of nitrogens with two attached hydrogens (primary N) is 1. The van der Waals surface area contributed by atoms with Crippen molar-refractivity contribution in [2.75, 3.05) is 6.54 Å². The predicted molar refractivity (Wildman–Crippen MR) is 80.8 cm³/mol. The van der Waals surface area contributed by atoms with Crippen molar-refractivity contribution in [2.24, 2.45) is 11.1 Å². The van der Waals surface area contributed by atoms with Gasteiger partial charge in [-0.3, -0.25) is 4.79 Å². The van der Waals surface area contributed by atoms with E-state index < -0.39 is 16.9 Å². The van der Waals surface area contributed by atoms with Gasteiger partial charge in [-0.25, -0.2) is 4.79 Å². The van der Waals surface area contributed by atoms with Crippen LogP contribution in [0.5, 0.6) is 0 Å². The summed E-state index contributed by atoms with van der Waals surface area (Å²) in [5, 5.41) is 12.6. The Hall–Kier alpha value is -1.10. The predicted octanol–water partition coefficient (Wildman–Crippen LogP) is 2.19. The minimum atomic E-state index is -1.08. The number of nitrogens with one attached hydrogen (secondary N) is 1. The van der Waals surface area contributed by atoms with E-state index in [1.807, 2.05) is 0 Å². The molecule has 0 spiro atoms. The van der Waals surface area contributed by atoms with Gasteiger partial charge in [0.15, 0.2) is 0 Å². The van der Waals surface area contributed by atoms with Crippen LogP contribution in [0.3, 0.4) is 0 Å². The third kappa shape index (κ3) is 3.39. The SMILES string of the molecule is NCC1(C(=O)NC2(C(=O)O)CCCCCC2)CCCCC1. The number of carboxylic acid groups (broad SMARTS) is 1. The second-order valence-electron chi connectivity index (χ2n) is 6.80. The average molecular weight is 296 g/mol. The monoisotopic (exact) mass is 296 g/mol. The molecular weight excluding hydrogens is 268 g/mol. The highest BCUT2D eigenvalue weighted by Gasteiger charge is 2.45. The molecule has 2 fully saturated rings. The lowest BCUT2D eigenvalue weighted by Crippen LogP contribution is -2.59. The highest BCUT2D eigenvalue weighted by Crippen LogP contribution is 2.37. The smallest absolute Gasteiger partial charge is 0.329 e. The van der Waals surface area contributed by atoms with Crippen LogP contribution in [-0.2, 0) is 9.59 Å². The first kappa shape index (κ1) is 16.3. The Labute approximate surface area is 126 Å². The zero-order valence-electron chi connectivity index (χ0n) is 12.8. The summed E-state index contributed by atoms with van der Waals surface area (Å²) in [5.41, 5.74) is 4.26. The van der Waals surface area contributed by atoms with E-state index in [2.05, 4.69) is 5.32 Å². The molecule has 2 rings (SSSR count). The number of hydrogen-bond acceptors (Lipinski definition) is 3. The first-order valence-electron chi connectivity index (χ1n) is 8.31. The van der Waals surface area contributed by atoms with Crippen LogP contribution in [0.4, 0.5) is 0 Å². The van der Waals surface area contributed by atoms with Crippen LogP contribution in [0.25, 0.3) is 0 Å². The van der Waals surface area contributed by atoms with E-state index in [4.69, 9.17) is 5.73 Å². The zero-order chi connectivity index (χ0) is 15.3. The van der Waals surface area contributed by atoms with Crippen molar-refractivity contribution in [3.05, 3.63) is 0 Å². The molecule has 0 atom stereocenters. The molecule has 21 heavy (non-hydrogen) atoms. The van der Waals surface area contributed by atoms with E-state index in [1.165, 1.54) is 0 Å². The van der Waals surface area contributed by atoms with Gasteiger partial charge >= 0.3 is 5.97 Å². The van der Waals surface area contributed by atoms with Crippen LogP contribution in [0.1, 0.15) is 70.6 Å². The second-order valence-corrected chi connectivity index (χ2v) is 6.80. The molecule has 0 heterocycles. The van der Waals surface area contributed by atoms with Gasteiger partial charge in [-0.2, -0.15) is 0 Å². The maximum absolute atomic E-state index is 12.8. The van der Waals surface area contributed by atoms with Crippen molar-refractivity contribution < 1.29 is 14.7 Å². The van der Waals surface area contributed by atoms with E-state index in [0.29, 0.717) is 19.4 Å². The molecule has 0 saturated heterocycles. The molecule has 120 valence electrons. The summed E-state index contributed by atoms with van der Waals surface area (Å²) in [5.74, 6) is -1.02. The quantitative estimate of drug-likeness (QED) is 0.693. The van der Waals surface area contributed by atoms with E-state index in [0.717, 1.165) is 57.8 Å². The van der Waals surface area contributed by atoms with Crippen LogP contribution < -0.4 is 11.1 Å². The molecule has 4 N–H and O–H groups in total. The number of aliphatic carboxylic acids is 1. The molecular formula is C16H28N2O3. The highest BCUT2D eigenvalue weighted by atomic mass is 16.4. The number of hydrogen-bond donors (Lipinski definition) is 3. The minimum absolute atomic E-state index is 0.131. The zero-order valence-corrected chi connectivity index (χ0v) is 12.8. The van der Waals surface area contributed by atoms with Gasteiger partial charge in [0.1, 0.15) is 5.54 Å². The lowest BCUT2D eigenvalue weighted by molar-refractivity contribution is -0.151. The van der Waals surface area contributed by atoms with Crippen LogP contribution in [-0.4, -0.2) is 29.1 Å². The molecule has 0 aromatic carbocycles. The van der Waals surface area contributed by atoms with E-state index in [9.17, 15) is 14.7 Å². The summed E-state index contributed by atoms with van der Waals surface area (Å²) in [6.45, 7) is 0.314. The minimum Gasteiger partial charge on any atom is -0.480 e. The van der Waals surface area contributed by atoms with Crippen LogP contribution in [0.2, 0.25) is 0 Å². The molecule has 0 aliphatic heterocycles. The second kappa shape index (κ2) is 6.77. The third-order valence-electron chi connectivity index (χ3n) is 5.40. The largest absolute Gasteiger partial charge is 0.480 e. The van der Waals surface area contributed by atoms with Crippen molar-refractivity contribution in [1.82, 2.24) is 5.32 Å². The van der Waals surface area contributed by atoms with Crippen molar-refractivity contribution in [3.63, 3.8) is 0 Å². The molecule has 5 nitrogen and oxygen atoms in total. The van der Waals surface area contributed by atoms with Crippen molar-refractivity contribution >= 4 is 11.9 Å². The fourth-order valence-electron chi connectivity index (χ4n) is 3.83. The molecule has 5 heteroatoms. The van der Waals surface area contributed by atoms with Gasteiger partial charge in [0, 0.05) is 6.54 Å². The first-order chi connectivity index (χ1) is 10.0. The van der Waals surface area contributed by atoms with Gasteiger partial charge in [0.05, 0.1) is 5.41 Å². The molecule has 0 aromatic heterocycles. The Morgan fingerprint density at radius 1 is 0.905 bits per heavy atom. The molecule has 0 bridgehead atoms. The highest BCUT2D eigenvalue weighted by molar-refractivity contribution is 5.90. The Kier molecular flexibility index (Phi) is 5.25. The van der Waals surface area contributed by atoms with Crippen LogP contribution >= 0.6 is 0 Å². The van der Waals surface area contributed by atoms with Crippen molar-refractivity contribution in [1.29, 1.82) is 0 Å². The number of carbonyl (C=O) groups is 2. The number of carboxylic acids is 1. The summed E-state index contributed by atoms with van der Waals surface area (Å²) in [7, 11) is 0. The maximum atomic E-state index is 12.8. The van der Waals surface area contributed by atoms with Gasteiger partial charge in [-0.05, 0) is 25.7 Å². The Bertz CT molecular complexity index is 381. The van der Waals surface area contributed by atoms with E-state index in [1.54, 1.807) is 0 Å². The number of rotatable bonds is 4. The molecule has 2 aliphatic rings. The molecule has 2 saturated carbocycles. The fraction of sp³-hybridized carbons (Fsp3) is 0.875. The first-order valence-corrected chi connectivity index (χ1v) is 8.31. The molecule has 2 aliphatic carbocycles. The summed E-state index contributed by atoms with van der Waals surface area (Å²) < 4.78 is 0. The normalized spacial score (nSPS) is 24.8. The Morgan fingerprint density at radius 2 is 1.38 bits per heavy atom. The molecule has 1 amide bonds. The molecule has 0 unspecified atom stereocenters. The van der Waals surface area contributed by atoms with Gasteiger partial charge in [-0.1, -0.05) is 44.9 Å². The van der Waals surface area contributed by atoms with Crippen LogP contribution in [0.15, 0.2) is 0 Å². The topological polar surface area (TPSA) is 92.4 Å². The van der Waals surface area contributed by atoms with Crippen molar-refractivity contribution in [3.8, 4) is 0 Å². The van der Waals surface area contributed by atoms with Gasteiger partial charge in [0.2, 0.25) is 5.91 Å². The average Bonchev–Trinajstić information content (AvgIpc) is 2.74. The summed E-state index contributed by atoms with van der Waals surface area (Å²) in [4.78, 5) is 24.6. The van der Waals surface area contributed by atoms with Crippen LogP contribution in [0, 0.1) is 5.41 Å². The van der Waals surface area contributed by atoms with E-state index in [-0.39, 0.29) is 5.91 Å². The lowest BCUT2D eigenvalue weighted by Gasteiger charge is -2.39. The number of amides is 1. The number of carbonyl (C=O) groups excluding carboxylic acids is 1. The van der Waals surface area contributed by atoms with Crippen molar-refractivity contribution in [2.45, 2.75) is 76.2 Å². The van der Waals surface area contributed by atoms with Gasteiger partial charge < -0.3 is 16.2 Å². The van der Waals surface area contributed by atoms with E-state index >= 15 is 0 Å². The maximum Gasteiger partial charge on any atom is 0.329 e. The fourth-order valence-corrected chi connectivity index (χ4v) is 3.83.